The van der Waals surface area contributed by atoms with Crippen LogP contribution in [0.3, 0.4) is 0 Å². The lowest BCUT2D eigenvalue weighted by Crippen LogP contribution is -1.99. The number of benzene rings is 2. The lowest BCUT2D eigenvalue weighted by Gasteiger charge is -2.10. The number of nitrogens with one attached hydrogen (secondary N) is 1. The molecule has 0 bridgehead atoms. The molecule has 0 saturated heterocycles. The smallest absolute Gasteiger partial charge is 0.335 e. The molecule has 0 aliphatic heterocycles. The number of halogens is 1. The Kier molecular flexibility index (Phi) is 5.25. The highest BCUT2D eigenvalue weighted by Gasteiger charge is 2.10. The van der Waals surface area contributed by atoms with Crippen LogP contribution in [-0.4, -0.2) is 18.2 Å². The summed E-state index contributed by atoms with van der Waals surface area (Å²) in [4.78, 5) is 12.0. The first kappa shape index (κ1) is 17.3. The third-order valence-corrected chi connectivity index (χ3v) is 5.49. The molecule has 0 atom stereocenters. The van der Waals surface area contributed by atoms with Gasteiger partial charge in [-0.2, -0.15) is 0 Å². The quantitative estimate of drug-likeness (QED) is 0.567. The zero-order chi connectivity index (χ0) is 17.8. The average Bonchev–Trinajstić information content (AvgIpc) is 3.08. The summed E-state index contributed by atoms with van der Waals surface area (Å²) in [5, 5.41) is 9.03. The zero-order valence-corrected chi connectivity index (χ0v) is 14.8. The molecule has 2 aromatic carbocycles. The number of anilines is 1. The Morgan fingerprint density at radius 1 is 1.20 bits per heavy atom. The maximum atomic E-state index is 13.3. The SMILES string of the molecule is COc1cc(C(=O)O)ccc1NSc1ccc(-c2cccc(F)c2)s1. The van der Waals surface area contributed by atoms with Gasteiger partial charge < -0.3 is 14.6 Å². The fraction of sp³-hybridized carbons (Fsp3) is 0.0556. The van der Waals surface area contributed by atoms with E-state index in [4.69, 9.17) is 9.84 Å². The summed E-state index contributed by atoms with van der Waals surface area (Å²) in [6.45, 7) is 0. The molecule has 0 saturated carbocycles. The van der Waals surface area contributed by atoms with Crippen LogP contribution in [0, 0.1) is 5.82 Å². The van der Waals surface area contributed by atoms with Crippen LogP contribution in [-0.2, 0) is 0 Å². The van der Waals surface area contributed by atoms with E-state index in [1.807, 2.05) is 18.2 Å². The maximum absolute atomic E-state index is 13.3. The van der Waals surface area contributed by atoms with E-state index in [9.17, 15) is 9.18 Å². The van der Waals surface area contributed by atoms with Crippen molar-refractivity contribution in [1.29, 1.82) is 0 Å². The van der Waals surface area contributed by atoms with Gasteiger partial charge in [-0.1, -0.05) is 12.1 Å². The highest BCUT2D eigenvalue weighted by Crippen LogP contribution is 2.36. The number of aromatic carboxylic acids is 1. The molecule has 0 aliphatic rings. The molecule has 128 valence electrons. The molecular formula is C18H14FNO3S2. The van der Waals surface area contributed by atoms with Crippen LogP contribution in [0.2, 0.25) is 0 Å². The van der Waals surface area contributed by atoms with E-state index >= 15 is 0 Å². The molecule has 1 heterocycles. The van der Waals surface area contributed by atoms with E-state index < -0.39 is 5.97 Å². The van der Waals surface area contributed by atoms with Crippen LogP contribution in [0.25, 0.3) is 10.4 Å². The van der Waals surface area contributed by atoms with Crippen molar-refractivity contribution in [3.63, 3.8) is 0 Å². The number of carbonyl (C=O) groups is 1. The number of hydrogen-bond donors (Lipinski definition) is 2. The first-order valence-corrected chi connectivity index (χ1v) is 8.90. The van der Waals surface area contributed by atoms with Gasteiger partial charge in [-0.3, -0.25) is 0 Å². The Hall–Kier alpha value is -2.51. The van der Waals surface area contributed by atoms with Crippen LogP contribution in [0.5, 0.6) is 5.75 Å². The lowest BCUT2D eigenvalue weighted by molar-refractivity contribution is 0.0696. The van der Waals surface area contributed by atoms with Crippen LogP contribution >= 0.6 is 23.3 Å². The minimum Gasteiger partial charge on any atom is -0.495 e. The van der Waals surface area contributed by atoms with Crippen LogP contribution in [0.1, 0.15) is 10.4 Å². The molecule has 0 spiro atoms. The molecule has 3 aromatic rings. The Bertz CT molecular complexity index is 911. The molecule has 0 amide bonds. The maximum Gasteiger partial charge on any atom is 0.335 e. The predicted molar refractivity (Wildman–Crippen MR) is 99.1 cm³/mol. The lowest BCUT2D eigenvalue weighted by atomic mass is 10.2. The highest BCUT2D eigenvalue weighted by molar-refractivity contribution is 8.02. The summed E-state index contributed by atoms with van der Waals surface area (Å²) in [5.74, 6) is -0.814. The normalized spacial score (nSPS) is 10.5. The van der Waals surface area contributed by atoms with Gasteiger partial charge in [0, 0.05) is 4.88 Å². The number of carboxylic acids is 1. The summed E-state index contributed by atoms with van der Waals surface area (Å²) in [5.41, 5.74) is 1.68. The summed E-state index contributed by atoms with van der Waals surface area (Å²) < 4.78 is 22.7. The van der Waals surface area contributed by atoms with Gasteiger partial charge in [0.1, 0.15) is 11.6 Å². The first-order valence-electron chi connectivity index (χ1n) is 7.27. The Morgan fingerprint density at radius 3 is 2.76 bits per heavy atom. The van der Waals surface area contributed by atoms with Crippen molar-refractivity contribution >= 4 is 34.9 Å². The average molecular weight is 375 g/mol. The van der Waals surface area contributed by atoms with E-state index in [1.54, 1.807) is 12.1 Å². The van der Waals surface area contributed by atoms with E-state index in [1.165, 1.54) is 54.7 Å². The summed E-state index contributed by atoms with van der Waals surface area (Å²) in [7, 11) is 1.49. The van der Waals surface area contributed by atoms with Crippen molar-refractivity contribution in [1.82, 2.24) is 0 Å². The van der Waals surface area contributed by atoms with E-state index in [2.05, 4.69) is 4.72 Å². The van der Waals surface area contributed by atoms with Gasteiger partial charge in [0.25, 0.3) is 0 Å². The molecule has 7 heteroatoms. The third kappa shape index (κ3) is 4.12. The molecule has 2 N–H and O–H groups in total. The second kappa shape index (κ2) is 7.58. The third-order valence-electron chi connectivity index (χ3n) is 3.40. The largest absolute Gasteiger partial charge is 0.495 e. The minimum atomic E-state index is -1.00. The van der Waals surface area contributed by atoms with Gasteiger partial charge in [0.2, 0.25) is 0 Å². The molecule has 0 aliphatic carbocycles. The van der Waals surface area contributed by atoms with Crippen molar-refractivity contribution in [2.24, 2.45) is 0 Å². The van der Waals surface area contributed by atoms with E-state index in [0.29, 0.717) is 11.4 Å². The Balaban J connectivity index is 1.73. The molecular weight excluding hydrogens is 361 g/mol. The van der Waals surface area contributed by atoms with Crippen molar-refractivity contribution in [2.45, 2.75) is 4.21 Å². The summed E-state index contributed by atoms with van der Waals surface area (Å²) >= 11 is 2.92. The highest BCUT2D eigenvalue weighted by atomic mass is 32.2. The second-order valence-corrected chi connectivity index (χ2v) is 7.24. The van der Waals surface area contributed by atoms with Gasteiger partial charge in [0.05, 0.1) is 22.6 Å². The molecule has 1 aromatic heterocycles. The number of carboxylic acid groups (broad SMARTS) is 1. The molecule has 0 fully saturated rings. The van der Waals surface area contributed by atoms with Gasteiger partial charge in [-0.15, -0.1) is 11.3 Å². The molecule has 0 unspecified atom stereocenters. The van der Waals surface area contributed by atoms with Gasteiger partial charge in [0.15, 0.2) is 0 Å². The van der Waals surface area contributed by atoms with Crippen LogP contribution < -0.4 is 9.46 Å². The Labute approximate surface area is 152 Å². The second-order valence-electron chi connectivity index (χ2n) is 5.05. The van der Waals surface area contributed by atoms with Crippen molar-refractivity contribution in [3.8, 4) is 16.2 Å². The number of thiophene rings is 1. The fourth-order valence-corrected chi connectivity index (χ4v) is 4.00. The standard InChI is InChI=1S/C18H14FNO3S2/c1-23-15-10-12(18(21)22)5-6-14(15)20-25-17-8-7-16(24-17)11-3-2-4-13(19)9-11/h2-10,20H,1H3,(H,21,22). The van der Waals surface area contributed by atoms with Crippen LogP contribution in [0.15, 0.2) is 58.8 Å². The Morgan fingerprint density at radius 2 is 2.04 bits per heavy atom. The molecule has 25 heavy (non-hydrogen) atoms. The van der Waals surface area contributed by atoms with Crippen molar-refractivity contribution < 1.29 is 19.0 Å². The van der Waals surface area contributed by atoms with Gasteiger partial charge in [-0.05, 0) is 60.0 Å². The topological polar surface area (TPSA) is 58.6 Å². The molecule has 4 nitrogen and oxygen atoms in total. The predicted octanol–water partition coefficient (Wildman–Crippen LogP) is 5.38. The number of hydrogen-bond acceptors (Lipinski definition) is 5. The molecule has 3 rings (SSSR count). The monoisotopic (exact) mass is 375 g/mol. The first-order chi connectivity index (χ1) is 12.1. The number of rotatable bonds is 6. The zero-order valence-electron chi connectivity index (χ0n) is 13.2. The van der Waals surface area contributed by atoms with Crippen LogP contribution in [0.4, 0.5) is 10.1 Å². The van der Waals surface area contributed by atoms with Gasteiger partial charge in [-0.25, -0.2) is 9.18 Å². The summed E-state index contributed by atoms with van der Waals surface area (Å²) in [6.07, 6.45) is 0. The fourth-order valence-electron chi connectivity index (χ4n) is 2.19. The van der Waals surface area contributed by atoms with E-state index in [0.717, 1.165) is 14.6 Å². The van der Waals surface area contributed by atoms with Crippen molar-refractivity contribution in [2.75, 3.05) is 11.8 Å². The number of ether oxygens (including phenoxy) is 1. The molecule has 0 radical (unpaired) electrons. The summed E-state index contributed by atoms with van der Waals surface area (Å²) in [6, 6.07) is 15.0. The number of methoxy groups -OCH3 is 1. The van der Waals surface area contributed by atoms with E-state index in [-0.39, 0.29) is 11.4 Å². The van der Waals surface area contributed by atoms with Gasteiger partial charge >= 0.3 is 5.97 Å². The van der Waals surface area contributed by atoms with Crippen molar-refractivity contribution in [3.05, 3.63) is 66.0 Å². The minimum absolute atomic E-state index is 0.164.